The van der Waals surface area contributed by atoms with E-state index in [4.69, 9.17) is 10.5 Å². The minimum atomic E-state index is -4.91. The summed E-state index contributed by atoms with van der Waals surface area (Å²) in [6, 6.07) is 1.31. The molecule has 2 N–H and O–H groups in total. The molecule has 1 aromatic heterocycles. The van der Waals surface area contributed by atoms with Gasteiger partial charge in [-0.15, -0.1) is 13.2 Å². The largest absolute Gasteiger partial charge is 0.574 e. The van der Waals surface area contributed by atoms with Gasteiger partial charge in [0.25, 0.3) is 0 Å². The van der Waals surface area contributed by atoms with Crippen molar-refractivity contribution in [2.75, 3.05) is 6.61 Å². The smallest absolute Gasteiger partial charge is 0.462 e. The fourth-order valence-corrected chi connectivity index (χ4v) is 1.45. The Kier molecular flexibility index (Phi) is 4.71. The van der Waals surface area contributed by atoms with E-state index in [1.807, 2.05) is 0 Å². The van der Waals surface area contributed by atoms with Gasteiger partial charge in [-0.1, -0.05) is 0 Å². The molecule has 0 saturated carbocycles. The first-order chi connectivity index (χ1) is 8.78. The zero-order valence-electron chi connectivity index (χ0n) is 10.4. The van der Waals surface area contributed by atoms with Crippen molar-refractivity contribution < 1.29 is 27.4 Å². The summed E-state index contributed by atoms with van der Waals surface area (Å²) in [7, 11) is 0. The summed E-state index contributed by atoms with van der Waals surface area (Å²) in [5.74, 6) is -1.49. The molecule has 0 fully saturated rings. The number of halogens is 3. The van der Waals surface area contributed by atoms with Gasteiger partial charge in [0, 0.05) is 17.8 Å². The molecule has 0 saturated heterocycles. The topological polar surface area (TPSA) is 74.4 Å². The third-order valence-corrected chi connectivity index (χ3v) is 2.13. The monoisotopic (exact) mass is 278 g/mol. The van der Waals surface area contributed by atoms with Crippen LogP contribution in [0, 0.1) is 6.92 Å². The molecule has 8 heteroatoms. The van der Waals surface area contributed by atoms with Crippen molar-refractivity contribution in [3.63, 3.8) is 0 Å². The van der Waals surface area contributed by atoms with Crippen molar-refractivity contribution in [1.82, 2.24) is 4.98 Å². The Hall–Kier alpha value is -1.83. The van der Waals surface area contributed by atoms with E-state index < -0.39 is 18.2 Å². The van der Waals surface area contributed by atoms with Crippen molar-refractivity contribution in [2.24, 2.45) is 5.73 Å². The molecule has 0 aliphatic heterocycles. The van der Waals surface area contributed by atoms with E-state index in [0.717, 1.165) is 0 Å². The summed E-state index contributed by atoms with van der Waals surface area (Å²) < 4.78 is 45.3. The van der Waals surface area contributed by atoms with Crippen LogP contribution in [-0.2, 0) is 11.3 Å². The molecule has 0 radical (unpaired) electrons. The quantitative estimate of drug-likeness (QED) is 0.852. The van der Waals surface area contributed by atoms with Crippen molar-refractivity contribution in [3.05, 3.63) is 22.9 Å². The van der Waals surface area contributed by atoms with Crippen LogP contribution in [0.2, 0.25) is 0 Å². The molecule has 106 valence electrons. The van der Waals surface area contributed by atoms with Crippen LogP contribution < -0.4 is 10.5 Å². The van der Waals surface area contributed by atoms with Crippen LogP contribution in [0.5, 0.6) is 5.88 Å². The number of aryl methyl sites for hydroxylation is 1. The molecule has 0 aromatic carbocycles. The first-order valence-electron chi connectivity index (χ1n) is 5.42. The van der Waals surface area contributed by atoms with Gasteiger partial charge in [-0.05, 0) is 19.9 Å². The van der Waals surface area contributed by atoms with Gasteiger partial charge in [0.15, 0.2) is 0 Å². The van der Waals surface area contributed by atoms with E-state index in [0.29, 0.717) is 0 Å². The van der Waals surface area contributed by atoms with Gasteiger partial charge in [-0.3, -0.25) is 0 Å². The van der Waals surface area contributed by atoms with E-state index in [2.05, 4.69) is 9.72 Å². The molecule has 1 rings (SSSR count). The Morgan fingerprint density at radius 2 is 2.11 bits per heavy atom. The van der Waals surface area contributed by atoms with Gasteiger partial charge < -0.3 is 15.2 Å². The fraction of sp³-hybridized carbons (Fsp3) is 0.455. The number of pyridine rings is 1. The molecule has 0 spiro atoms. The molecule has 0 aliphatic carbocycles. The maximum Gasteiger partial charge on any atom is 0.574 e. The van der Waals surface area contributed by atoms with Crippen molar-refractivity contribution in [2.45, 2.75) is 26.8 Å². The first kappa shape index (κ1) is 15.2. The van der Waals surface area contributed by atoms with Crippen LogP contribution in [0.3, 0.4) is 0 Å². The minimum Gasteiger partial charge on any atom is -0.462 e. The molecular weight excluding hydrogens is 265 g/mol. The Balaban J connectivity index is 3.28. The van der Waals surface area contributed by atoms with E-state index >= 15 is 0 Å². The average molecular weight is 278 g/mol. The predicted octanol–water partition coefficient (Wildman–Crippen LogP) is 1.92. The van der Waals surface area contributed by atoms with Crippen molar-refractivity contribution >= 4 is 5.97 Å². The minimum absolute atomic E-state index is 0.0731. The molecule has 0 amide bonds. The SMILES string of the molecule is CCOC(=O)c1cc(C)nc(OC(F)(F)F)c1CN. The van der Waals surface area contributed by atoms with Crippen LogP contribution in [0.4, 0.5) is 13.2 Å². The molecule has 1 aromatic rings. The molecule has 0 bridgehead atoms. The zero-order valence-corrected chi connectivity index (χ0v) is 10.4. The number of aromatic nitrogens is 1. The van der Waals surface area contributed by atoms with E-state index in [9.17, 15) is 18.0 Å². The highest BCUT2D eigenvalue weighted by atomic mass is 19.4. The lowest BCUT2D eigenvalue weighted by atomic mass is 10.1. The van der Waals surface area contributed by atoms with Crippen LogP contribution in [0.1, 0.15) is 28.5 Å². The van der Waals surface area contributed by atoms with Gasteiger partial charge in [-0.2, -0.15) is 0 Å². The summed E-state index contributed by atoms with van der Waals surface area (Å²) in [4.78, 5) is 15.3. The number of alkyl halides is 3. The molecule has 0 aliphatic rings. The normalized spacial score (nSPS) is 11.3. The summed E-state index contributed by atoms with van der Waals surface area (Å²) in [5, 5.41) is 0. The number of nitrogens with two attached hydrogens (primary N) is 1. The van der Waals surface area contributed by atoms with Gasteiger partial charge in [-0.25, -0.2) is 9.78 Å². The van der Waals surface area contributed by atoms with Crippen LogP contribution in [0.25, 0.3) is 0 Å². The van der Waals surface area contributed by atoms with Gasteiger partial charge in [0.05, 0.1) is 12.2 Å². The number of esters is 1. The number of carbonyl (C=O) groups is 1. The highest BCUT2D eigenvalue weighted by Gasteiger charge is 2.34. The predicted molar refractivity (Wildman–Crippen MR) is 59.5 cm³/mol. The summed E-state index contributed by atoms with van der Waals surface area (Å²) in [6.45, 7) is 2.79. The number of carbonyl (C=O) groups excluding carboxylic acids is 1. The maximum atomic E-state index is 12.3. The average Bonchev–Trinajstić information content (AvgIpc) is 2.26. The first-order valence-corrected chi connectivity index (χ1v) is 5.42. The highest BCUT2D eigenvalue weighted by Crippen LogP contribution is 2.27. The number of hydrogen-bond donors (Lipinski definition) is 1. The zero-order chi connectivity index (χ0) is 14.6. The fourth-order valence-electron chi connectivity index (χ4n) is 1.45. The lowest BCUT2D eigenvalue weighted by molar-refractivity contribution is -0.276. The third kappa shape index (κ3) is 4.09. The molecular formula is C11H13F3N2O3. The summed E-state index contributed by atoms with van der Waals surface area (Å²) in [6.07, 6.45) is -4.91. The standard InChI is InChI=1S/C11H13F3N2O3/c1-3-18-10(17)7-4-6(2)16-9(8(7)5-15)19-11(12,13)14/h4H,3,5,15H2,1-2H3. The van der Waals surface area contributed by atoms with E-state index in [1.54, 1.807) is 6.92 Å². The number of rotatable bonds is 4. The van der Waals surface area contributed by atoms with E-state index in [-0.39, 0.29) is 30.0 Å². The Morgan fingerprint density at radius 3 is 2.58 bits per heavy atom. The summed E-state index contributed by atoms with van der Waals surface area (Å²) >= 11 is 0. The van der Waals surface area contributed by atoms with Gasteiger partial charge >= 0.3 is 12.3 Å². The number of nitrogens with zero attached hydrogens (tertiary/aromatic N) is 1. The highest BCUT2D eigenvalue weighted by molar-refractivity contribution is 5.91. The molecule has 19 heavy (non-hydrogen) atoms. The van der Waals surface area contributed by atoms with Crippen LogP contribution >= 0.6 is 0 Å². The molecule has 1 heterocycles. The molecule has 0 unspecified atom stereocenters. The summed E-state index contributed by atoms with van der Waals surface area (Å²) in [5.41, 5.74) is 5.34. The Bertz CT molecular complexity index is 475. The second-order valence-electron chi connectivity index (χ2n) is 3.57. The maximum absolute atomic E-state index is 12.3. The molecule has 5 nitrogen and oxygen atoms in total. The van der Waals surface area contributed by atoms with Gasteiger partial charge in [0.2, 0.25) is 5.88 Å². The van der Waals surface area contributed by atoms with Crippen LogP contribution in [0.15, 0.2) is 6.07 Å². The molecule has 0 atom stereocenters. The lowest BCUT2D eigenvalue weighted by Gasteiger charge is -2.15. The Morgan fingerprint density at radius 1 is 1.47 bits per heavy atom. The van der Waals surface area contributed by atoms with Gasteiger partial charge in [0.1, 0.15) is 0 Å². The second kappa shape index (κ2) is 5.87. The van der Waals surface area contributed by atoms with Crippen molar-refractivity contribution in [3.8, 4) is 5.88 Å². The third-order valence-electron chi connectivity index (χ3n) is 2.13. The number of ether oxygens (including phenoxy) is 2. The lowest BCUT2D eigenvalue weighted by Crippen LogP contribution is -2.22. The Labute approximate surface area is 107 Å². The van der Waals surface area contributed by atoms with Crippen molar-refractivity contribution in [1.29, 1.82) is 0 Å². The van der Waals surface area contributed by atoms with E-state index in [1.165, 1.54) is 13.0 Å². The number of hydrogen-bond acceptors (Lipinski definition) is 5. The van der Waals surface area contributed by atoms with Crippen LogP contribution in [-0.4, -0.2) is 23.9 Å². The second-order valence-corrected chi connectivity index (χ2v) is 3.57.